The third-order valence-electron chi connectivity index (χ3n) is 5.38. The predicted molar refractivity (Wildman–Crippen MR) is 113 cm³/mol. The Balaban J connectivity index is 1.80. The van der Waals surface area contributed by atoms with Gasteiger partial charge in [0.05, 0.1) is 0 Å². The Morgan fingerprint density at radius 3 is 2.22 bits per heavy atom. The lowest BCUT2D eigenvalue weighted by Crippen LogP contribution is -2.45. The molecule has 2 aromatic carbocycles. The zero-order chi connectivity index (χ0) is 19.2. The number of ether oxygens (including phenoxy) is 1. The Kier molecular flexibility index (Phi) is 6.92. The molecule has 0 unspecified atom stereocenters. The largest absolute Gasteiger partial charge is 0.488 e. The second-order valence-electron chi connectivity index (χ2n) is 8.19. The lowest BCUT2D eigenvalue weighted by molar-refractivity contribution is 0.154. The van der Waals surface area contributed by atoms with Gasteiger partial charge < -0.3 is 10.1 Å². The van der Waals surface area contributed by atoms with Crippen LogP contribution in [0.5, 0.6) is 5.75 Å². The molecule has 0 aliphatic carbocycles. The quantitative estimate of drug-likeness (QED) is 0.756. The second-order valence-corrected chi connectivity index (χ2v) is 8.19. The fourth-order valence-corrected chi connectivity index (χ4v) is 4.07. The van der Waals surface area contributed by atoms with E-state index in [-0.39, 0.29) is 0 Å². The zero-order valence-electron chi connectivity index (χ0n) is 17.3. The minimum Gasteiger partial charge on any atom is -0.488 e. The van der Waals surface area contributed by atoms with Crippen molar-refractivity contribution in [2.24, 2.45) is 5.92 Å². The average molecular weight is 367 g/mol. The monoisotopic (exact) mass is 366 g/mol. The zero-order valence-corrected chi connectivity index (χ0v) is 17.3. The third kappa shape index (κ3) is 5.33. The SMILES string of the molecule is Cc1cc([C@@H](CC(C)C)N2CCNCC2)cc(C)c1OCc1ccccc1. The maximum absolute atomic E-state index is 6.19. The average Bonchev–Trinajstić information content (AvgIpc) is 2.66. The minimum absolute atomic E-state index is 0.493. The van der Waals surface area contributed by atoms with Gasteiger partial charge in [0.15, 0.2) is 0 Å². The molecule has 27 heavy (non-hydrogen) atoms. The third-order valence-corrected chi connectivity index (χ3v) is 5.38. The second kappa shape index (κ2) is 9.38. The molecule has 0 saturated carbocycles. The van der Waals surface area contributed by atoms with E-state index in [0.29, 0.717) is 18.6 Å². The van der Waals surface area contributed by atoms with Gasteiger partial charge in [-0.25, -0.2) is 0 Å². The van der Waals surface area contributed by atoms with Crippen molar-refractivity contribution in [2.75, 3.05) is 26.2 Å². The molecule has 0 aromatic heterocycles. The Morgan fingerprint density at radius 2 is 1.63 bits per heavy atom. The normalized spacial score (nSPS) is 16.5. The van der Waals surface area contributed by atoms with Gasteiger partial charge in [-0.1, -0.05) is 56.3 Å². The summed E-state index contributed by atoms with van der Waals surface area (Å²) in [5.74, 6) is 1.71. The van der Waals surface area contributed by atoms with Crippen LogP contribution in [0.2, 0.25) is 0 Å². The molecule has 146 valence electrons. The van der Waals surface area contributed by atoms with Crippen LogP contribution in [0.25, 0.3) is 0 Å². The molecule has 3 nitrogen and oxygen atoms in total. The fourth-order valence-electron chi connectivity index (χ4n) is 4.07. The van der Waals surface area contributed by atoms with Crippen molar-refractivity contribution in [3.8, 4) is 5.75 Å². The molecular formula is C24H34N2O. The van der Waals surface area contributed by atoms with Crippen molar-refractivity contribution in [2.45, 2.75) is 46.8 Å². The molecule has 1 aliphatic rings. The first kappa shape index (κ1) is 19.9. The lowest BCUT2D eigenvalue weighted by atomic mass is 9.92. The molecule has 0 bridgehead atoms. The van der Waals surface area contributed by atoms with Gasteiger partial charge >= 0.3 is 0 Å². The van der Waals surface area contributed by atoms with Crippen molar-refractivity contribution in [3.05, 3.63) is 64.7 Å². The number of aryl methyl sites for hydroxylation is 2. The topological polar surface area (TPSA) is 24.5 Å². The fraction of sp³-hybridized carbons (Fsp3) is 0.500. The highest BCUT2D eigenvalue weighted by atomic mass is 16.5. The van der Waals surface area contributed by atoms with Gasteiger partial charge in [0.25, 0.3) is 0 Å². The number of rotatable bonds is 7. The number of benzene rings is 2. The van der Waals surface area contributed by atoms with Crippen molar-refractivity contribution < 1.29 is 4.74 Å². The summed E-state index contributed by atoms with van der Waals surface area (Å²) in [6, 6.07) is 15.6. The number of hydrogen-bond donors (Lipinski definition) is 1. The van der Waals surface area contributed by atoms with Crippen LogP contribution in [0.4, 0.5) is 0 Å². The minimum atomic E-state index is 0.493. The van der Waals surface area contributed by atoms with Crippen LogP contribution in [-0.4, -0.2) is 31.1 Å². The molecule has 3 rings (SSSR count). The molecule has 1 atom stereocenters. The van der Waals surface area contributed by atoms with Crippen molar-refractivity contribution in [1.82, 2.24) is 10.2 Å². The van der Waals surface area contributed by atoms with E-state index < -0.39 is 0 Å². The summed E-state index contributed by atoms with van der Waals surface area (Å²) in [6.45, 7) is 14.1. The highest BCUT2D eigenvalue weighted by Gasteiger charge is 2.24. The molecule has 0 amide bonds. The number of nitrogens with one attached hydrogen (secondary N) is 1. The Hall–Kier alpha value is -1.84. The molecule has 0 radical (unpaired) electrons. The number of hydrogen-bond acceptors (Lipinski definition) is 3. The van der Waals surface area contributed by atoms with Gasteiger partial charge in [-0.2, -0.15) is 0 Å². The summed E-state index contributed by atoms with van der Waals surface area (Å²) in [7, 11) is 0. The lowest BCUT2D eigenvalue weighted by Gasteiger charge is -2.36. The summed E-state index contributed by atoms with van der Waals surface area (Å²) < 4.78 is 6.19. The molecule has 1 heterocycles. The van der Waals surface area contributed by atoms with E-state index in [9.17, 15) is 0 Å². The van der Waals surface area contributed by atoms with Crippen molar-refractivity contribution in [3.63, 3.8) is 0 Å². The van der Waals surface area contributed by atoms with Gasteiger partial charge in [-0.05, 0) is 48.4 Å². The van der Waals surface area contributed by atoms with Crippen LogP contribution in [0, 0.1) is 19.8 Å². The van der Waals surface area contributed by atoms with E-state index in [0.717, 1.165) is 31.9 Å². The van der Waals surface area contributed by atoms with Gasteiger partial charge in [-0.15, -0.1) is 0 Å². The molecule has 0 spiro atoms. The number of piperazine rings is 1. The Morgan fingerprint density at radius 1 is 1.00 bits per heavy atom. The van der Waals surface area contributed by atoms with E-state index >= 15 is 0 Å². The summed E-state index contributed by atoms with van der Waals surface area (Å²) in [6.07, 6.45) is 1.20. The summed E-state index contributed by atoms with van der Waals surface area (Å²) >= 11 is 0. The summed E-state index contributed by atoms with van der Waals surface area (Å²) in [5.41, 5.74) is 5.13. The van der Waals surface area contributed by atoms with Crippen LogP contribution < -0.4 is 10.1 Å². The van der Waals surface area contributed by atoms with Crippen LogP contribution in [0.3, 0.4) is 0 Å². The van der Waals surface area contributed by atoms with Crippen LogP contribution in [0.15, 0.2) is 42.5 Å². The Bertz CT molecular complexity index is 697. The van der Waals surface area contributed by atoms with Crippen molar-refractivity contribution >= 4 is 0 Å². The molecule has 3 heteroatoms. The first-order valence-corrected chi connectivity index (χ1v) is 10.3. The first-order chi connectivity index (χ1) is 13.0. The molecular weight excluding hydrogens is 332 g/mol. The molecule has 2 aromatic rings. The van der Waals surface area contributed by atoms with Crippen LogP contribution in [0.1, 0.15) is 48.6 Å². The van der Waals surface area contributed by atoms with Gasteiger partial charge in [-0.3, -0.25) is 4.90 Å². The molecule has 1 saturated heterocycles. The smallest absolute Gasteiger partial charge is 0.125 e. The maximum atomic E-state index is 6.19. The van der Waals surface area contributed by atoms with E-state index in [2.05, 4.69) is 74.3 Å². The van der Waals surface area contributed by atoms with Gasteiger partial charge in [0.2, 0.25) is 0 Å². The molecule has 1 fully saturated rings. The maximum Gasteiger partial charge on any atom is 0.125 e. The Labute approximate surface area is 164 Å². The number of nitrogens with zero attached hydrogens (tertiary/aromatic N) is 1. The van der Waals surface area contributed by atoms with Crippen LogP contribution in [-0.2, 0) is 6.61 Å². The van der Waals surface area contributed by atoms with E-state index in [1.54, 1.807) is 0 Å². The van der Waals surface area contributed by atoms with Crippen molar-refractivity contribution in [1.29, 1.82) is 0 Å². The summed E-state index contributed by atoms with van der Waals surface area (Å²) in [4.78, 5) is 2.65. The first-order valence-electron chi connectivity index (χ1n) is 10.3. The summed E-state index contributed by atoms with van der Waals surface area (Å²) in [5, 5.41) is 3.48. The van der Waals surface area contributed by atoms with Gasteiger partial charge in [0, 0.05) is 32.2 Å². The van der Waals surface area contributed by atoms with E-state index in [1.807, 2.05) is 6.07 Å². The standard InChI is InChI=1S/C24H34N2O/c1-18(2)14-23(26-12-10-25-11-13-26)22-15-19(3)24(20(4)16-22)27-17-21-8-6-5-7-9-21/h5-9,15-16,18,23,25H,10-14,17H2,1-4H3/t23-/m1/s1. The highest BCUT2D eigenvalue weighted by Crippen LogP contribution is 2.33. The van der Waals surface area contributed by atoms with Crippen LogP contribution >= 0.6 is 0 Å². The predicted octanol–water partition coefficient (Wildman–Crippen LogP) is 4.87. The molecule has 1 aliphatic heterocycles. The van der Waals surface area contributed by atoms with Gasteiger partial charge in [0.1, 0.15) is 12.4 Å². The highest BCUT2D eigenvalue weighted by molar-refractivity contribution is 5.44. The van der Waals surface area contributed by atoms with E-state index in [1.165, 1.54) is 28.7 Å². The molecule has 1 N–H and O–H groups in total. The van der Waals surface area contributed by atoms with E-state index in [4.69, 9.17) is 4.74 Å².